The molecule has 0 radical (unpaired) electrons. The predicted molar refractivity (Wildman–Crippen MR) is 73.7 cm³/mol. The van der Waals surface area contributed by atoms with Crippen molar-refractivity contribution in [1.82, 2.24) is 0 Å². The number of hydrogen-bond donors (Lipinski definition) is 1. The van der Waals surface area contributed by atoms with Gasteiger partial charge in [0.1, 0.15) is 17.3 Å². The number of benzene rings is 1. The average molecular weight is 253 g/mol. The normalized spacial score (nSPS) is 10.2. The Balaban J connectivity index is 2.51. The lowest BCUT2D eigenvalue weighted by molar-refractivity contribution is 0.100. The third-order valence-electron chi connectivity index (χ3n) is 2.31. The number of ether oxygens (including phenoxy) is 2. The van der Waals surface area contributed by atoms with Crippen LogP contribution < -0.4 is 10.5 Å². The molecule has 0 saturated carbocycles. The molecule has 94 valence electrons. The van der Waals surface area contributed by atoms with Crippen molar-refractivity contribution in [1.29, 1.82) is 0 Å². The van der Waals surface area contributed by atoms with Crippen molar-refractivity contribution in [2.75, 3.05) is 19.8 Å². The van der Waals surface area contributed by atoms with Gasteiger partial charge in [-0.2, -0.15) is 0 Å². The maximum atomic E-state index is 5.63. The van der Waals surface area contributed by atoms with Gasteiger partial charge in [0.2, 0.25) is 0 Å². The van der Waals surface area contributed by atoms with Crippen LogP contribution in [0.1, 0.15) is 24.5 Å². The molecular formula is C13H19NO2S. The SMILES string of the molecule is CCCOCCOc1cc(C(N)=S)ccc1C. The lowest BCUT2D eigenvalue weighted by Gasteiger charge is -2.10. The van der Waals surface area contributed by atoms with Gasteiger partial charge in [0.05, 0.1) is 6.61 Å². The molecule has 1 aromatic carbocycles. The fraction of sp³-hybridized carbons (Fsp3) is 0.462. The summed E-state index contributed by atoms with van der Waals surface area (Å²) in [7, 11) is 0. The van der Waals surface area contributed by atoms with E-state index in [1.165, 1.54) is 0 Å². The first kappa shape index (κ1) is 13.9. The van der Waals surface area contributed by atoms with E-state index >= 15 is 0 Å². The molecule has 17 heavy (non-hydrogen) atoms. The van der Waals surface area contributed by atoms with Crippen LogP contribution in [0.4, 0.5) is 0 Å². The molecule has 0 amide bonds. The van der Waals surface area contributed by atoms with E-state index in [0.717, 1.165) is 29.9 Å². The third kappa shape index (κ3) is 4.71. The van der Waals surface area contributed by atoms with Gasteiger partial charge < -0.3 is 15.2 Å². The fourth-order valence-electron chi connectivity index (χ4n) is 1.37. The second-order valence-electron chi connectivity index (χ2n) is 3.81. The Hall–Kier alpha value is -1.13. The Morgan fingerprint density at radius 2 is 2.06 bits per heavy atom. The van der Waals surface area contributed by atoms with Crippen molar-refractivity contribution in [3.05, 3.63) is 29.3 Å². The van der Waals surface area contributed by atoms with Crippen molar-refractivity contribution in [3.8, 4) is 5.75 Å². The Bertz CT molecular complexity index is 380. The smallest absolute Gasteiger partial charge is 0.123 e. The lowest BCUT2D eigenvalue weighted by atomic mass is 10.1. The zero-order chi connectivity index (χ0) is 12.7. The highest BCUT2D eigenvalue weighted by Gasteiger charge is 2.03. The maximum Gasteiger partial charge on any atom is 0.123 e. The minimum Gasteiger partial charge on any atom is -0.491 e. The number of nitrogens with two attached hydrogens (primary N) is 1. The Labute approximate surface area is 108 Å². The Morgan fingerprint density at radius 1 is 1.29 bits per heavy atom. The quantitative estimate of drug-likeness (QED) is 0.599. The van der Waals surface area contributed by atoms with Gasteiger partial charge in [-0.15, -0.1) is 0 Å². The maximum absolute atomic E-state index is 5.63. The average Bonchev–Trinajstić information content (AvgIpc) is 2.30. The van der Waals surface area contributed by atoms with Crippen LogP contribution in [-0.2, 0) is 4.74 Å². The van der Waals surface area contributed by atoms with Gasteiger partial charge in [0.15, 0.2) is 0 Å². The van der Waals surface area contributed by atoms with E-state index in [4.69, 9.17) is 27.4 Å². The van der Waals surface area contributed by atoms with Gasteiger partial charge in [0, 0.05) is 12.2 Å². The third-order valence-corrected chi connectivity index (χ3v) is 2.54. The summed E-state index contributed by atoms with van der Waals surface area (Å²) in [5.41, 5.74) is 7.48. The first-order valence-electron chi connectivity index (χ1n) is 5.76. The zero-order valence-electron chi connectivity index (χ0n) is 10.4. The fourth-order valence-corrected chi connectivity index (χ4v) is 1.49. The Morgan fingerprint density at radius 3 is 2.71 bits per heavy atom. The van der Waals surface area contributed by atoms with Crippen LogP contribution in [0.25, 0.3) is 0 Å². The van der Waals surface area contributed by atoms with Gasteiger partial charge >= 0.3 is 0 Å². The van der Waals surface area contributed by atoms with Crippen LogP contribution >= 0.6 is 12.2 Å². The molecule has 1 rings (SSSR count). The molecule has 0 bridgehead atoms. The summed E-state index contributed by atoms with van der Waals surface area (Å²) >= 11 is 4.93. The topological polar surface area (TPSA) is 44.5 Å². The van der Waals surface area contributed by atoms with Crippen LogP contribution in [0.3, 0.4) is 0 Å². The predicted octanol–water partition coefficient (Wildman–Crippen LogP) is 2.43. The first-order chi connectivity index (χ1) is 8.15. The molecule has 0 heterocycles. The number of thiocarbonyl (C=S) groups is 1. The van der Waals surface area contributed by atoms with Crippen molar-refractivity contribution >= 4 is 17.2 Å². The molecule has 0 fully saturated rings. The number of aryl methyl sites for hydroxylation is 1. The number of rotatable bonds is 7. The van der Waals surface area contributed by atoms with Gasteiger partial charge in [-0.05, 0) is 25.0 Å². The van der Waals surface area contributed by atoms with Crippen molar-refractivity contribution < 1.29 is 9.47 Å². The van der Waals surface area contributed by atoms with Crippen LogP contribution in [-0.4, -0.2) is 24.8 Å². The standard InChI is InChI=1S/C13H19NO2S/c1-3-6-15-7-8-16-12-9-11(13(14)17)5-4-10(12)2/h4-5,9H,3,6-8H2,1-2H3,(H2,14,17). The minimum atomic E-state index is 0.386. The van der Waals surface area contributed by atoms with E-state index in [2.05, 4.69) is 6.92 Å². The van der Waals surface area contributed by atoms with E-state index in [-0.39, 0.29) is 0 Å². The van der Waals surface area contributed by atoms with Gasteiger partial charge in [-0.3, -0.25) is 0 Å². The van der Waals surface area contributed by atoms with Crippen LogP contribution in [0.15, 0.2) is 18.2 Å². The Kier molecular flexibility index (Phi) is 5.94. The molecule has 0 spiro atoms. The molecule has 0 saturated heterocycles. The summed E-state index contributed by atoms with van der Waals surface area (Å²) in [6, 6.07) is 5.73. The summed E-state index contributed by atoms with van der Waals surface area (Å²) in [6.07, 6.45) is 1.02. The summed E-state index contributed by atoms with van der Waals surface area (Å²) in [6.45, 7) is 5.99. The first-order valence-corrected chi connectivity index (χ1v) is 6.17. The van der Waals surface area contributed by atoms with Gasteiger partial charge in [-0.1, -0.05) is 31.3 Å². The molecule has 0 aliphatic carbocycles. The monoisotopic (exact) mass is 253 g/mol. The van der Waals surface area contributed by atoms with Crippen molar-refractivity contribution in [3.63, 3.8) is 0 Å². The summed E-state index contributed by atoms with van der Waals surface area (Å²) in [5.74, 6) is 0.815. The molecule has 0 aliphatic heterocycles. The van der Waals surface area contributed by atoms with E-state index in [9.17, 15) is 0 Å². The van der Waals surface area contributed by atoms with E-state index < -0.39 is 0 Å². The highest BCUT2D eigenvalue weighted by molar-refractivity contribution is 7.80. The second kappa shape index (κ2) is 7.25. The van der Waals surface area contributed by atoms with Crippen molar-refractivity contribution in [2.45, 2.75) is 20.3 Å². The lowest BCUT2D eigenvalue weighted by Crippen LogP contribution is -2.11. The largest absolute Gasteiger partial charge is 0.491 e. The molecule has 0 aliphatic rings. The summed E-state index contributed by atoms with van der Waals surface area (Å²) < 4.78 is 11.0. The highest BCUT2D eigenvalue weighted by Crippen LogP contribution is 2.19. The van der Waals surface area contributed by atoms with Crippen LogP contribution in [0, 0.1) is 6.92 Å². The molecule has 0 aromatic heterocycles. The summed E-state index contributed by atoms with van der Waals surface area (Å²) in [5, 5.41) is 0. The molecule has 3 nitrogen and oxygen atoms in total. The molecular weight excluding hydrogens is 234 g/mol. The van der Waals surface area contributed by atoms with Crippen LogP contribution in [0.5, 0.6) is 5.75 Å². The van der Waals surface area contributed by atoms with Crippen molar-refractivity contribution in [2.24, 2.45) is 5.73 Å². The molecule has 1 aromatic rings. The molecule has 4 heteroatoms. The van der Waals surface area contributed by atoms with Gasteiger partial charge in [0.25, 0.3) is 0 Å². The minimum absolute atomic E-state index is 0.386. The van der Waals surface area contributed by atoms with E-state index in [0.29, 0.717) is 18.2 Å². The summed E-state index contributed by atoms with van der Waals surface area (Å²) in [4.78, 5) is 0.386. The van der Waals surface area contributed by atoms with Crippen LogP contribution in [0.2, 0.25) is 0 Å². The van der Waals surface area contributed by atoms with Gasteiger partial charge in [-0.25, -0.2) is 0 Å². The molecule has 0 atom stereocenters. The molecule has 2 N–H and O–H groups in total. The molecule has 0 unspecified atom stereocenters. The highest BCUT2D eigenvalue weighted by atomic mass is 32.1. The number of hydrogen-bond acceptors (Lipinski definition) is 3. The van der Waals surface area contributed by atoms with E-state index in [1.807, 2.05) is 25.1 Å². The zero-order valence-corrected chi connectivity index (χ0v) is 11.2. The second-order valence-corrected chi connectivity index (χ2v) is 4.25. The van der Waals surface area contributed by atoms with E-state index in [1.54, 1.807) is 0 Å².